The number of aromatic amines is 1. The van der Waals surface area contributed by atoms with Gasteiger partial charge < -0.3 is 20.3 Å². The van der Waals surface area contributed by atoms with E-state index >= 15 is 0 Å². The summed E-state index contributed by atoms with van der Waals surface area (Å²) in [6.07, 6.45) is 4.32. The number of piperidine rings is 1. The zero-order chi connectivity index (χ0) is 26.1. The van der Waals surface area contributed by atoms with Gasteiger partial charge in [0, 0.05) is 37.8 Å². The summed E-state index contributed by atoms with van der Waals surface area (Å²) in [6, 6.07) is 7.92. The van der Waals surface area contributed by atoms with Crippen molar-refractivity contribution < 1.29 is 5.11 Å². The average Bonchev–Trinajstić information content (AvgIpc) is 3.19. The second kappa shape index (κ2) is 10.8. The molecule has 2 aliphatic heterocycles. The van der Waals surface area contributed by atoms with Crippen LogP contribution in [0.4, 0.5) is 11.5 Å². The van der Waals surface area contributed by atoms with Crippen molar-refractivity contribution in [1.29, 1.82) is 0 Å². The predicted molar refractivity (Wildman–Crippen MR) is 148 cm³/mol. The maximum Gasteiger partial charge on any atom is 0.258 e. The summed E-state index contributed by atoms with van der Waals surface area (Å²) < 4.78 is 0. The van der Waals surface area contributed by atoms with Gasteiger partial charge in [0.15, 0.2) is 0 Å². The number of aliphatic hydroxyl groups is 1. The lowest BCUT2D eigenvalue weighted by Gasteiger charge is -2.32. The van der Waals surface area contributed by atoms with Crippen LogP contribution in [-0.2, 0) is 6.42 Å². The minimum absolute atomic E-state index is 0.0619. The third-order valence-corrected chi connectivity index (χ3v) is 7.81. The molecule has 0 saturated carbocycles. The summed E-state index contributed by atoms with van der Waals surface area (Å²) in [5, 5.41) is 16.2. The van der Waals surface area contributed by atoms with Gasteiger partial charge in [-0.3, -0.25) is 9.80 Å². The number of aromatic nitrogens is 3. The van der Waals surface area contributed by atoms with Crippen LogP contribution in [0.1, 0.15) is 45.0 Å². The molecule has 0 radical (unpaired) electrons. The molecule has 10 heteroatoms. The molecule has 37 heavy (non-hydrogen) atoms. The standard InChI is InChI=1S/C27H34ClN7O2/c1-4-34-9-7-19(8-10-34)30-23-13-22-20(12-21(23)28)27(37)32-25(31-22)11-18-5-6-26(29-14-18)35-24(15-36)16(2)17(3)33-35/h5-6,12-14,17,19,30,33,36H,4,7-11,15H2,1-3H3,(H,31,32,37). The first-order valence-corrected chi connectivity index (χ1v) is 13.3. The molecule has 2 aromatic heterocycles. The molecule has 0 bridgehead atoms. The molecule has 0 amide bonds. The zero-order valence-electron chi connectivity index (χ0n) is 21.5. The number of nitrogens with one attached hydrogen (secondary N) is 3. The molecule has 1 aromatic carbocycles. The zero-order valence-corrected chi connectivity index (χ0v) is 22.3. The summed E-state index contributed by atoms with van der Waals surface area (Å²) in [4.78, 5) is 27.5. The minimum atomic E-state index is -0.210. The first kappa shape index (κ1) is 25.7. The van der Waals surface area contributed by atoms with Crippen LogP contribution < -0.4 is 21.3 Å². The lowest BCUT2D eigenvalue weighted by atomic mass is 10.0. The van der Waals surface area contributed by atoms with Gasteiger partial charge in [0.05, 0.1) is 33.9 Å². The maximum absolute atomic E-state index is 12.8. The van der Waals surface area contributed by atoms with Gasteiger partial charge in [-0.2, -0.15) is 0 Å². The highest BCUT2D eigenvalue weighted by atomic mass is 35.5. The van der Waals surface area contributed by atoms with Crippen molar-refractivity contribution in [1.82, 2.24) is 25.3 Å². The van der Waals surface area contributed by atoms with Gasteiger partial charge >= 0.3 is 0 Å². The lowest BCUT2D eigenvalue weighted by Crippen LogP contribution is -2.38. The van der Waals surface area contributed by atoms with E-state index in [9.17, 15) is 9.90 Å². The van der Waals surface area contributed by atoms with Gasteiger partial charge in [0.1, 0.15) is 11.6 Å². The Balaban J connectivity index is 1.34. The number of aliphatic hydroxyl groups excluding tert-OH is 1. The molecule has 1 unspecified atom stereocenters. The van der Waals surface area contributed by atoms with Crippen molar-refractivity contribution in [2.75, 3.05) is 36.6 Å². The fourth-order valence-corrected chi connectivity index (χ4v) is 5.28. The highest BCUT2D eigenvalue weighted by molar-refractivity contribution is 6.34. The smallest absolute Gasteiger partial charge is 0.258 e. The van der Waals surface area contributed by atoms with Crippen LogP contribution in [0.2, 0.25) is 5.02 Å². The normalized spacial score (nSPS) is 19.3. The second-order valence-corrected chi connectivity index (χ2v) is 10.3. The van der Waals surface area contributed by atoms with Gasteiger partial charge in [-0.15, -0.1) is 0 Å². The molecule has 0 spiro atoms. The van der Waals surface area contributed by atoms with E-state index in [-0.39, 0.29) is 18.2 Å². The van der Waals surface area contributed by atoms with Crippen molar-refractivity contribution in [2.45, 2.75) is 52.1 Å². The number of benzene rings is 1. The van der Waals surface area contributed by atoms with Crippen molar-refractivity contribution in [3.8, 4) is 0 Å². The van der Waals surface area contributed by atoms with E-state index in [1.165, 1.54) is 0 Å². The minimum Gasteiger partial charge on any atom is -0.390 e. The van der Waals surface area contributed by atoms with E-state index in [0.29, 0.717) is 40.0 Å². The summed E-state index contributed by atoms with van der Waals surface area (Å²) in [6.45, 7) is 9.39. The quantitative estimate of drug-likeness (QED) is 0.373. The Morgan fingerprint density at radius 2 is 2.03 bits per heavy atom. The van der Waals surface area contributed by atoms with Crippen LogP contribution in [0.15, 0.2) is 46.5 Å². The molecule has 1 saturated heterocycles. The van der Waals surface area contributed by atoms with Gasteiger partial charge in [-0.1, -0.05) is 24.6 Å². The highest BCUT2D eigenvalue weighted by Gasteiger charge is 2.26. The SMILES string of the molecule is CCN1CCC(Nc2cc3nc(Cc4ccc(N5NC(C)C(C)=C5CO)nc4)[nH]c(=O)c3cc2Cl)CC1. The molecule has 3 aromatic rings. The van der Waals surface area contributed by atoms with Gasteiger partial charge in [-0.05, 0) is 62.6 Å². The fourth-order valence-electron chi connectivity index (χ4n) is 5.06. The highest BCUT2D eigenvalue weighted by Crippen LogP contribution is 2.29. The van der Waals surface area contributed by atoms with E-state index in [4.69, 9.17) is 16.6 Å². The van der Waals surface area contributed by atoms with Crippen LogP contribution in [0.3, 0.4) is 0 Å². The van der Waals surface area contributed by atoms with Crippen molar-refractivity contribution >= 4 is 34.0 Å². The third kappa shape index (κ3) is 5.36. The molecule has 4 N–H and O–H groups in total. The van der Waals surface area contributed by atoms with Gasteiger partial charge in [0.2, 0.25) is 0 Å². The van der Waals surface area contributed by atoms with E-state index < -0.39 is 0 Å². The Hall–Kier alpha value is -2.98. The monoisotopic (exact) mass is 523 g/mol. The van der Waals surface area contributed by atoms with Crippen LogP contribution in [0, 0.1) is 0 Å². The van der Waals surface area contributed by atoms with Gasteiger partial charge in [0.25, 0.3) is 5.56 Å². The van der Waals surface area contributed by atoms with E-state index in [0.717, 1.165) is 55.0 Å². The van der Waals surface area contributed by atoms with Gasteiger partial charge in [-0.25, -0.2) is 15.4 Å². The Labute approximate surface area is 221 Å². The van der Waals surface area contributed by atoms with E-state index in [1.807, 2.05) is 37.1 Å². The Kier molecular flexibility index (Phi) is 7.48. The van der Waals surface area contributed by atoms with Crippen molar-refractivity contribution in [3.05, 3.63) is 68.5 Å². The number of nitrogens with zero attached hydrogens (tertiary/aromatic N) is 4. The number of hydrogen-bond donors (Lipinski definition) is 4. The number of hydrazine groups is 1. The summed E-state index contributed by atoms with van der Waals surface area (Å²) in [7, 11) is 0. The molecule has 1 fully saturated rings. The van der Waals surface area contributed by atoms with E-state index in [2.05, 4.69) is 32.5 Å². The number of anilines is 2. The van der Waals surface area contributed by atoms with Crippen molar-refractivity contribution in [3.63, 3.8) is 0 Å². The Morgan fingerprint density at radius 1 is 1.24 bits per heavy atom. The van der Waals surface area contributed by atoms with Crippen LogP contribution >= 0.6 is 11.6 Å². The number of H-pyrrole nitrogens is 1. The molecule has 0 aliphatic carbocycles. The number of pyridine rings is 1. The van der Waals surface area contributed by atoms with Crippen LogP contribution in [-0.4, -0.2) is 63.3 Å². The Bertz CT molecular complexity index is 1360. The number of fused-ring (bicyclic) bond motifs is 1. The van der Waals surface area contributed by atoms with Crippen LogP contribution in [0.25, 0.3) is 10.9 Å². The summed E-state index contributed by atoms with van der Waals surface area (Å²) >= 11 is 6.54. The molecule has 1 atom stereocenters. The topological polar surface area (TPSA) is 109 Å². The molecular formula is C27H34ClN7O2. The van der Waals surface area contributed by atoms with Crippen LogP contribution in [0.5, 0.6) is 0 Å². The third-order valence-electron chi connectivity index (χ3n) is 7.49. The fraction of sp³-hybridized carbons (Fsp3) is 0.444. The summed E-state index contributed by atoms with van der Waals surface area (Å²) in [5.74, 6) is 1.27. The maximum atomic E-state index is 12.8. The van der Waals surface area contributed by atoms with Crippen molar-refractivity contribution in [2.24, 2.45) is 0 Å². The van der Waals surface area contributed by atoms with E-state index in [1.54, 1.807) is 12.3 Å². The number of rotatable bonds is 7. The second-order valence-electron chi connectivity index (χ2n) is 9.89. The number of hydrogen-bond acceptors (Lipinski definition) is 8. The number of likely N-dealkylation sites (tertiary alicyclic amines) is 1. The molecule has 5 rings (SSSR count). The first-order chi connectivity index (χ1) is 17.9. The molecule has 2 aliphatic rings. The predicted octanol–water partition coefficient (Wildman–Crippen LogP) is 3.44. The lowest BCUT2D eigenvalue weighted by molar-refractivity contribution is 0.229. The molecular weight excluding hydrogens is 490 g/mol. The first-order valence-electron chi connectivity index (χ1n) is 12.9. The molecule has 196 valence electrons. The largest absolute Gasteiger partial charge is 0.390 e. The molecule has 4 heterocycles. The Morgan fingerprint density at radius 3 is 2.70 bits per heavy atom. The number of halogens is 1. The average molecular weight is 524 g/mol. The summed E-state index contributed by atoms with van der Waals surface area (Å²) in [5.41, 5.74) is 7.36. The molecule has 9 nitrogen and oxygen atoms in total.